The van der Waals surface area contributed by atoms with Gasteiger partial charge in [-0.2, -0.15) is 0 Å². The number of amides is 1. The maximum atomic E-state index is 10.7. The van der Waals surface area contributed by atoms with Gasteiger partial charge in [-0.3, -0.25) is 0 Å². The van der Waals surface area contributed by atoms with Gasteiger partial charge in [0.15, 0.2) is 0 Å². The Balaban J connectivity index is 1.54. The first-order valence-electron chi connectivity index (χ1n) is 6.47. The Morgan fingerprint density at radius 1 is 1.32 bits per heavy atom. The van der Waals surface area contributed by atoms with Crippen molar-refractivity contribution in [1.29, 1.82) is 0 Å². The molecule has 1 unspecified atom stereocenters. The van der Waals surface area contributed by atoms with Crippen LogP contribution in [0.2, 0.25) is 0 Å². The predicted molar refractivity (Wildman–Crippen MR) is 70.1 cm³/mol. The molecule has 2 rings (SSSR count). The van der Waals surface area contributed by atoms with Crippen LogP contribution in [0.25, 0.3) is 0 Å². The number of rotatable bonds is 6. The molecule has 5 heteroatoms. The van der Waals surface area contributed by atoms with E-state index in [0.717, 1.165) is 12.0 Å². The highest BCUT2D eigenvalue weighted by Gasteiger charge is 2.26. The zero-order valence-electron chi connectivity index (χ0n) is 10.8. The van der Waals surface area contributed by atoms with Crippen LogP contribution in [-0.4, -0.2) is 48.5 Å². The SMILES string of the molecule is O=C(O)N1CCC(OCCOCc2ccccc2)C1. The van der Waals surface area contributed by atoms with E-state index in [9.17, 15) is 4.79 Å². The lowest BCUT2D eigenvalue weighted by Crippen LogP contribution is -2.28. The van der Waals surface area contributed by atoms with Crippen molar-refractivity contribution in [2.45, 2.75) is 19.1 Å². The first-order valence-corrected chi connectivity index (χ1v) is 6.47. The molecular weight excluding hydrogens is 246 g/mol. The summed E-state index contributed by atoms with van der Waals surface area (Å²) in [5.74, 6) is 0. The fourth-order valence-electron chi connectivity index (χ4n) is 2.08. The summed E-state index contributed by atoms with van der Waals surface area (Å²) in [7, 11) is 0. The van der Waals surface area contributed by atoms with Crippen LogP contribution in [-0.2, 0) is 16.1 Å². The van der Waals surface area contributed by atoms with Gasteiger partial charge in [0, 0.05) is 6.54 Å². The van der Waals surface area contributed by atoms with E-state index in [1.807, 2.05) is 30.3 Å². The smallest absolute Gasteiger partial charge is 0.407 e. The predicted octanol–water partition coefficient (Wildman–Crippen LogP) is 1.97. The summed E-state index contributed by atoms with van der Waals surface area (Å²) in [6.07, 6.45) is -0.0896. The van der Waals surface area contributed by atoms with Crippen LogP contribution in [0.15, 0.2) is 30.3 Å². The van der Waals surface area contributed by atoms with E-state index in [0.29, 0.717) is 32.9 Å². The summed E-state index contributed by atoms with van der Waals surface area (Å²) in [6.45, 7) is 2.64. The molecule has 1 aliphatic heterocycles. The van der Waals surface area contributed by atoms with Gasteiger partial charge in [0.25, 0.3) is 0 Å². The average molecular weight is 265 g/mol. The Morgan fingerprint density at radius 3 is 2.79 bits per heavy atom. The quantitative estimate of drug-likeness (QED) is 0.799. The van der Waals surface area contributed by atoms with Crippen LogP contribution < -0.4 is 0 Å². The number of carboxylic acid groups (broad SMARTS) is 1. The molecular formula is C14H19NO4. The van der Waals surface area contributed by atoms with Gasteiger partial charge < -0.3 is 19.5 Å². The first kappa shape index (κ1) is 13.8. The number of nitrogens with zero attached hydrogens (tertiary/aromatic N) is 1. The molecule has 1 aromatic carbocycles. The topological polar surface area (TPSA) is 59.0 Å². The number of benzene rings is 1. The Kier molecular flexibility index (Phi) is 5.18. The van der Waals surface area contributed by atoms with Crippen molar-refractivity contribution in [3.63, 3.8) is 0 Å². The third kappa shape index (κ3) is 4.54. The Morgan fingerprint density at radius 2 is 2.11 bits per heavy atom. The van der Waals surface area contributed by atoms with E-state index < -0.39 is 6.09 Å². The molecule has 1 aromatic rings. The number of ether oxygens (including phenoxy) is 2. The zero-order chi connectivity index (χ0) is 13.5. The van der Waals surface area contributed by atoms with E-state index in [1.54, 1.807) is 0 Å². The van der Waals surface area contributed by atoms with Crippen molar-refractivity contribution in [2.75, 3.05) is 26.3 Å². The largest absolute Gasteiger partial charge is 0.465 e. The fraction of sp³-hybridized carbons (Fsp3) is 0.500. The van der Waals surface area contributed by atoms with Crippen LogP contribution in [0.5, 0.6) is 0 Å². The number of likely N-dealkylation sites (tertiary alicyclic amines) is 1. The van der Waals surface area contributed by atoms with E-state index in [2.05, 4.69) is 0 Å². The molecule has 104 valence electrons. The molecule has 0 aromatic heterocycles. The molecule has 1 heterocycles. The third-order valence-corrected chi connectivity index (χ3v) is 3.11. The van der Waals surface area contributed by atoms with Crippen molar-refractivity contribution in [3.8, 4) is 0 Å². The normalized spacial score (nSPS) is 18.7. The average Bonchev–Trinajstić information content (AvgIpc) is 2.89. The maximum absolute atomic E-state index is 10.7. The number of hydrogen-bond donors (Lipinski definition) is 1. The van der Waals surface area contributed by atoms with Crippen molar-refractivity contribution in [3.05, 3.63) is 35.9 Å². The monoisotopic (exact) mass is 265 g/mol. The number of carbonyl (C=O) groups is 1. The Labute approximate surface area is 112 Å². The molecule has 19 heavy (non-hydrogen) atoms. The maximum Gasteiger partial charge on any atom is 0.407 e. The Bertz CT molecular complexity index is 396. The second-order valence-corrected chi connectivity index (χ2v) is 4.55. The van der Waals surface area contributed by atoms with Crippen molar-refractivity contribution in [2.24, 2.45) is 0 Å². The van der Waals surface area contributed by atoms with Crippen molar-refractivity contribution in [1.82, 2.24) is 4.90 Å². The minimum atomic E-state index is -0.869. The van der Waals surface area contributed by atoms with Crippen LogP contribution in [0.4, 0.5) is 4.79 Å². The highest BCUT2D eigenvalue weighted by molar-refractivity contribution is 5.65. The van der Waals surface area contributed by atoms with Crippen LogP contribution in [0, 0.1) is 0 Å². The summed E-state index contributed by atoms with van der Waals surface area (Å²) < 4.78 is 11.1. The van der Waals surface area contributed by atoms with Gasteiger partial charge in [-0.25, -0.2) is 4.79 Å². The van der Waals surface area contributed by atoms with Gasteiger partial charge in [-0.15, -0.1) is 0 Å². The fourth-order valence-corrected chi connectivity index (χ4v) is 2.08. The number of hydrogen-bond acceptors (Lipinski definition) is 3. The molecule has 1 N–H and O–H groups in total. The second-order valence-electron chi connectivity index (χ2n) is 4.55. The summed E-state index contributed by atoms with van der Waals surface area (Å²) >= 11 is 0. The molecule has 0 spiro atoms. The molecule has 0 aliphatic carbocycles. The lowest BCUT2D eigenvalue weighted by atomic mass is 10.2. The minimum absolute atomic E-state index is 0.0106. The molecule has 0 saturated carbocycles. The van der Waals surface area contributed by atoms with Crippen LogP contribution in [0.1, 0.15) is 12.0 Å². The molecule has 0 radical (unpaired) electrons. The lowest BCUT2D eigenvalue weighted by molar-refractivity contribution is 0.00481. The molecule has 1 fully saturated rings. The molecule has 1 aliphatic rings. The van der Waals surface area contributed by atoms with Gasteiger partial charge in [0.05, 0.1) is 32.5 Å². The van der Waals surface area contributed by atoms with E-state index in [-0.39, 0.29) is 6.10 Å². The third-order valence-electron chi connectivity index (χ3n) is 3.11. The Hall–Kier alpha value is -1.59. The molecule has 1 saturated heterocycles. The van der Waals surface area contributed by atoms with Gasteiger partial charge in [-0.05, 0) is 12.0 Å². The summed E-state index contributed by atoms with van der Waals surface area (Å²) in [5, 5.41) is 8.81. The zero-order valence-corrected chi connectivity index (χ0v) is 10.8. The van der Waals surface area contributed by atoms with Crippen LogP contribution >= 0.6 is 0 Å². The van der Waals surface area contributed by atoms with Crippen molar-refractivity contribution < 1.29 is 19.4 Å². The molecule has 1 amide bonds. The summed E-state index contributed by atoms with van der Waals surface area (Å²) in [5.41, 5.74) is 1.14. The summed E-state index contributed by atoms with van der Waals surface area (Å²) in [4.78, 5) is 12.1. The van der Waals surface area contributed by atoms with Gasteiger partial charge in [0.1, 0.15) is 0 Å². The van der Waals surface area contributed by atoms with Gasteiger partial charge in [0.2, 0.25) is 0 Å². The molecule has 1 atom stereocenters. The highest BCUT2D eigenvalue weighted by Crippen LogP contribution is 2.12. The van der Waals surface area contributed by atoms with Crippen LogP contribution in [0.3, 0.4) is 0 Å². The lowest BCUT2D eigenvalue weighted by Gasteiger charge is -2.13. The van der Waals surface area contributed by atoms with E-state index >= 15 is 0 Å². The minimum Gasteiger partial charge on any atom is -0.465 e. The molecule has 0 bridgehead atoms. The van der Waals surface area contributed by atoms with Crippen molar-refractivity contribution >= 4 is 6.09 Å². The molecule has 5 nitrogen and oxygen atoms in total. The van der Waals surface area contributed by atoms with Gasteiger partial charge >= 0.3 is 6.09 Å². The standard InChI is InChI=1S/C14H19NO4/c16-14(17)15-7-6-13(10-15)19-9-8-18-11-12-4-2-1-3-5-12/h1-5,13H,6-11H2,(H,16,17). The van der Waals surface area contributed by atoms with E-state index in [1.165, 1.54) is 4.90 Å². The summed E-state index contributed by atoms with van der Waals surface area (Å²) in [6, 6.07) is 9.97. The van der Waals surface area contributed by atoms with E-state index in [4.69, 9.17) is 14.6 Å². The van der Waals surface area contributed by atoms with Gasteiger partial charge in [-0.1, -0.05) is 30.3 Å². The second kappa shape index (κ2) is 7.11. The first-order chi connectivity index (χ1) is 9.25. The highest BCUT2D eigenvalue weighted by atomic mass is 16.5.